The Hall–Kier alpha value is -1.52. The van der Waals surface area contributed by atoms with E-state index >= 15 is 0 Å². The van der Waals surface area contributed by atoms with Crippen LogP contribution in [0.25, 0.3) is 0 Å². The number of nitrogens with one attached hydrogen (secondary N) is 1. The standard InChI is InChI=1S/C13H15ClN2O2/c1-9-6-10(16-18-9)7-15-8-11-12(14)4-3-5-13(11)17-2/h3-6,15H,7-8H2,1-2H3. The van der Waals surface area contributed by atoms with Crippen molar-refractivity contribution in [2.45, 2.75) is 20.0 Å². The number of aryl methyl sites for hydroxylation is 1. The summed E-state index contributed by atoms with van der Waals surface area (Å²) in [6.45, 7) is 3.12. The third-order valence-electron chi connectivity index (χ3n) is 2.58. The van der Waals surface area contributed by atoms with Crippen molar-refractivity contribution in [2.24, 2.45) is 0 Å². The van der Waals surface area contributed by atoms with Crippen LogP contribution in [0.4, 0.5) is 0 Å². The Morgan fingerprint density at radius 2 is 2.22 bits per heavy atom. The molecule has 0 aliphatic heterocycles. The highest BCUT2D eigenvalue weighted by atomic mass is 35.5. The fourth-order valence-electron chi connectivity index (χ4n) is 1.72. The molecule has 1 heterocycles. The summed E-state index contributed by atoms with van der Waals surface area (Å²) in [6.07, 6.45) is 0. The Balaban J connectivity index is 1.98. The van der Waals surface area contributed by atoms with Gasteiger partial charge in [-0.3, -0.25) is 0 Å². The van der Waals surface area contributed by atoms with Crippen LogP contribution >= 0.6 is 11.6 Å². The molecule has 1 N–H and O–H groups in total. The fraction of sp³-hybridized carbons (Fsp3) is 0.308. The molecule has 0 saturated heterocycles. The average Bonchev–Trinajstić information content (AvgIpc) is 2.77. The van der Waals surface area contributed by atoms with Crippen LogP contribution in [0.5, 0.6) is 5.75 Å². The van der Waals surface area contributed by atoms with E-state index in [0.29, 0.717) is 18.1 Å². The molecule has 0 spiro atoms. The molecule has 0 radical (unpaired) electrons. The van der Waals surface area contributed by atoms with Crippen LogP contribution in [0.15, 0.2) is 28.8 Å². The first-order chi connectivity index (χ1) is 8.70. The van der Waals surface area contributed by atoms with E-state index < -0.39 is 0 Å². The largest absolute Gasteiger partial charge is 0.496 e. The van der Waals surface area contributed by atoms with Crippen LogP contribution < -0.4 is 10.1 Å². The first kappa shape index (κ1) is 12.9. The molecule has 0 amide bonds. The van der Waals surface area contributed by atoms with Gasteiger partial charge in [-0.2, -0.15) is 0 Å². The molecule has 1 aromatic heterocycles. The Kier molecular flexibility index (Phi) is 4.23. The molecule has 2 rings (SSSR count). The molecule has 0 saturated carbocycles. The number of hydrogen-bond acceptors (Lipinski definition) is 4. The second-order valence-electron chi connectivity index (χ2n) is 3.95. The predicted molar refractivity (Wildman–Crippen MR) is 69.8 cm³/mol. The molecule has 1 aromatic carbocycles. The van der Waals surface area contributed by atoms with Gasteiger partial charge < -0.3 is 14.6 Å². The van der Waals surface area contributed by atoms with Gasteiger partial charge in [0.05, 0.1) is 12.8 Å². The van der Waals surface area contributed by atoms with E-state index in [0.717, 1.165) is 22.8 Å². The molecule has 4 nitrogen and oxygen atoms in total. The van der Waals surface area contributed by atoms with E-state index in [2.05, 4.69) is 10.5 Å². The highest BCUT2D eigenvalue weighted by molar-refractivity contribution is 6.31. The van der Waals surface area contributed by atoms with E-state index in [1.165, 1.54) is 0 Å². The van der Waals surface area contributed by atoms with Crippen LogP contribution in [-0.4, -0.2) is 12.3 Å². The smallest absolute Gasteiger partial charge is 0.133 e. The Morgan fingerprint density at radius 1 is 1.39 bits per heavy atom. The normalized spacial score (nSPS) is 10.6. The Labute approximate surface area is 111 Å². The van der Waals surface area contributed by atoms with Gasteiger partial charge in [0.25, 0.3) is 0 Å². The minimum Gasteiger partial charge on any atom is -0.496 e. The molecule has 2 aromatic rings. The average molecular weight is 267 g/mol. The molecule has 18 heavy (non-hydrogen) atoms. The van der Waals surface area contributed by atoms with Crippen LogP contribution in [0.3, 0.4) is 0 Å². The van der Waals surface area contributed by atoms with Crippen molar-refractivity contribution in [1.29, 1.82) is 0 Å². The van der Waals surface area contributed by atoms with Gasteiger partial charge in [-0.05, 0) is 19.1 Å². The summed E-state index contributed by atoms with van der Waals surface area (Å²) in [6, 6.07) is 7.51. The van der Waals surface area contributed by atoms with Gasteiger partial charge in [0.1, 0.15) is 11.5 Å². The summed E-state index contributed by atoms with van der Waals surface area (Å²) in [5, 5.41) is 7.86. The molecule has 0 unspecified atom stereocenters. The summed E-state index contributed by atoms with van der Waals surface area (Å²) < 4.78 is 10.3. The SMILES string of the molecule is COc1cccc(Cl)c1CNCc1cc(C)on1. The predicted octanol–water partition coefficient (Wildman–Crippen LogP) is 2.93. The second kappa shape index (κ2) is 5.89. The molecule has 5 heteroatoms. The lowest BCUT2D eigenvalue weighted by Gasteiger charge is -2.10. The molecular formula is C13H15ClN2O2. The molecule has 0 atom stereocenters. The molecule has 0 aliphatic carbocycles. The van der Waals surface area contributed by atoms with Crippen molar-refractivity contribution in [1.82, 2.24) is 10.5 Å². The minimum absolute atomic E-state index is 0.620. The Bertz CT molecular complexity index is 525. The van der Waals surface area contributed by atoms with E-state index in [1.807, 2.05) is 31.2 Å². The zero-order valence-corrected chi connectivity index (χ0v) is 11.1. The number of ether oxygens (including phenoxy) is 1. The summed E-state index contributed by atoms with van der Waals surface area (Å²) in [4.78, 5) is 0. The van der Waals surface area contributed by atoms with Gasteiger partial charge in [0.2, 0.25) is 0 Å². The van der Waals surface area contributed by atoms with E-state index in [1.54, 1.807) is 7.11 Å². The number of hydrogen-bond donors (Lipinski definition) is 1. The van der Waals surface area contributed by atoms with Gasteiger partial charge in [0, 0.05) is 29.7 Å². The number of methoxy groups -OCH3 is 1. The number of rotatable bonds is 5. The third-order valence-corrected chi connectivity index (χ3v) is 2.93. The van der Waals surface area contributed by atoms with E-state index in [4.69, 9.17) is 20.9 Å². The lowest BCUT2D eigenvalue weighted by molar-refractivity contribution is 0.387. The quantitative estimate of drug-likeness (QED) is 0.904. The van der Waals surface area contributed by atoms with Crippen molar-refractivity contribution < 1.29 is 9.26 Å². The number of halogens is 1. The number of aromatic nitrogens is 1. The van der Waals surface area contributed by atoms with Crippen LogP contribution in [-0.2, 0) is 13.1 Å². The van der Waals surface area contributed by atoms with Crippen molar-refractivity contribution >= 4 is 11.6 Å². The third kappa shape index (κ3) is 3.03. The maximum absolute atomic E-state index is 6.14. The fourth-order valence-corrected chi connectivity index (χ4v) is 1.95. The number of nitrogens with zero attached hydrogens (tertiary/aromatic N) is 1. The van der Waals surface area contributed by atoms with Crippen molar-refractivity contribution in [3.63, 3.8) is 0 Å². The van der Waals surface area contributed by atoms with Gasteiger partial charge >= 0.3 is 0 Å². The Morgan fingerprint density at radius 3 is 2.89 bits per heavy atom. The summed E-state index contributed by atoms with van der Waals surface area (Å²) in [5.74, 6) is 1.59. The molecule has 96 valence electrons. The van der Waals surface area contributed by atoms with Crippen LogP contribution in [0.1, 0.15) is 17.0 Å². The van der Waals surface area contributed by atoms with Crippen molar-refractivity contribution in [3.05, 3.63) is 46.3 Å². The lowest BCUT2D eigenvalue weighted by atomic mass is 10.2. The van der Waals surface area contributed by atoms with Crippen molar-refractivity contribution in [2.75, 3.05) is 7.11 Å². The van der Waals surface area contributed by atoms with Gasteiger partial charge in [-0.15, -0.1) is 0 Å². The van der Waals surface area contributed by atoms with Crippen LogP contribution in [0, 0.1) is 6.92 Å². The molecular weight excluding hydrogens is 252 g/mol. The molecule has 0 fully saturated rings. The number of benzene rings is 1. The second-order valence-corrected chi connectivity index (χ2v) is 4.36. The molecule has 0 bridgehead atoms. The topological polar surface area (TPSA) is 47.3 Å². The lowest BCUT2D eigenvalue weighted by Crippen LogP contribution is -2.14. The first-order valence-electron chi connectivity index (χ1n) is 5.65. The molecule has 0 aliphatic rings. The van der Waals surface area contributed by atoms with Crippen molar-refractivity contribution in [3.8, 4) is 5.75 Å². The van der Waals surface area contributed by atoms with Crippen LogP contribution in [0.2, 0.25) is 5.02 Å². The van der Waals surface area contributed by atoms with E-state index in [9.17, 15) is 0 Å². The van der Waals surface area contributed by atoms with Gasteiger partial charge in [0.15, 0.2) is 0 Å². The minimum atomic E-state index is 0.620. The van der Waals surface area contributed by atoms with Gasteiger partial charge in [-0.1, -0.05) is 22.8 Å². The van der Waals surface area contributed by atoms with E-state index in [-0.39, 0.29) is 0 Å². The highest BCUT2D eigenvalue weighted by Gasteiger charge is 2.07. The summed E-state index contributed by atoms with van der Waals surface area (Å²) in [7, 11) is 1.64. The monoisotopic (exact) mass is 266 g/mol. The zero-order valence-electron chi connectivity index (χ0n) is 10.4. The highest BCUT2D eigenvalue weighted by Crippen LogP contribution is 2.25. The first-order valence-corrected chi connectivity index (χ1v) is 6.03. The summed E-state index contributed by atoms with van der Waals surface area (Å²) in [5.41, 5.74) is 1.82. The zero-order chi connectivity index (χ0) is 13.0. The summed E-state index contributed by atoms with van der Waals surface area (Å²) >= 11 is 6.14. The van der Waals surface area contributed by atoms with Gasteiger partial charge in [-0.25, -0.2) is 0 Å². The maximum Gasteiger partial charge on any atom is 0.133 e. The maximum atomic E-state index is 6.14.